The van der Waals surface area contributed by atoms with E-state index in [1.54, 1.807) is 0 Å². The summed E-state index contributed by atoms with van der Waals surface area (Å²) >= 11 is 0. The van der Waals surface area contributed by atoms with Crippen LogP contribution in [-0.2, 0) is 4.74 Å². The van der Waals surface area contributed by atoms with E-state index >= 15 is 0 Å². The van der Waals surface area contributed by atoms with Gasteiger partial charge in [0.25, 0.3) is 0 Å². The SMILES string of the molecule is CC(C)(C)[C@@H]1COC([C@@H]2N[C@H]3CC[C@@H]2C3)=N1. The normalized spacial score (nSPS) is 42.3. The van der Waals surface area contributed by atoms with Gasteiger partial charge < -0.3 is 10.1 Å². The Kier molecular flexibility index (Phi) is 2.29. The van der Waals surface area contributed by atoms with Crippen molar-refractivity contribution in [2.75, 3.05) is 6.61 Å². The van der Waals surface area contributed by atoms with Crippen LogP contribution in [0.25, 0.3) is 0 Å². The third-order valence-electron chi connectivity index (χ3n) is 4.30. The number of nitrogens with zero attached hydrogens (tertiary/aromatic N) is 1. The van der Waals surface area contributed by atoms with Gasteiger partial charge in [0.15, 0.2) is 0 Å². The summed E-state index contributed by atoms with van der Waals surface area (Å²) in [6.07, 6.45) is 4.02. The van der Waals surface area contributed by atoms with Gasteiger partial charge in [0.2, 0.25) is 5.90 Å². The molecule has 0 radical (unpaired) electrons. The van der Waals surface area contributed by atoms with E-state index in [-0.39, 0.29) is 5.41 Å². The van der Waals surface area contributed by atoms with Crippen LogP contribution in [0.1, 0.15) is 40.0 Å². The van der Waals surface area contributed by atoms with Gasteiger partial charge in [-0.2, -0.15) is 0 Å². The summed E-state index contributed by atoms with van der Waals surface area (Å²) in [4.78, 5) is 4.79. The first-order valence-corrected chi connectivity index (χ1v) is 6.50. The molecule has 2 aliphatic heterocycles. The Morgan fingerprint density at radius 1 is 1.31 bits per heavy atom. The van der Waals surface area contributed by atoms with E-state index in [1.165, 1.54) is 19.3 Å². The van der Waals surface area contributed by atoms with Crippen molar-refractivity contribution in [3.05, 3.63) is 0 Å². The number of rotatable bonds is 1. The average Bonchev–Trinajstić information content (AvgIpc) is 2.92. The fraction of sp³-hybridized carbons (Fsp3) is 0.923. The molecule has 3 rings (SSSR count). The van der Waals surface area contributed by atoms with Gasteiger partial charge in [0, 0.05) is 6.04 Å². The highest BCUT2D eigenvalue weighted by Gasteiger charge is 2.44. The lowest BCUT2D eigenvalue weighted by Gasteiger charge is -2.22. The third-order valence-corrected chi connectivity index (χ3v) is 4.30. The molecule has 1 saturated heterocycles. The van der Waals surface area contributed by atoms with E-state index < -0.39 is 0 Å². The molecule has 2 fully saturated rings. The van der Waals surface area contributed by atoms with Crippen LogP contribution in [-0.4, -0.2) is 30.6 Å². The standard InChI is InChI=1S/C13H22N2O/c1-13(2,3)10-7-16-12(15-10)11-8-4-5-9(6-8)14-11/h8-11,14H,4-7H2,1-3H3/t8-,9+,10+,11-/m1/s1. The molecule has 0 amide bonds. The Morgan fingerprint density at radius 2 is 2.12 bits per heavy atom. The van der Waals surface area contributed by atoms with E-state index in [1.807, 2.05) is 0 Å². The summed E-state index contributed by atoms with van der Waals surface area (Å²) in [5, 5.41) is 3.65. The lowest BCUT2D eigenvalue weighted by atomic mass is 9.88. The number of fused-ring (bicyclic) bond motifs is 2. The minimum Gasteiger partial charge on any atom is -0.478 e. The summed E-state index contributed by atoms with van der Waals surface area (Å²) in [6.45, 7) is 7.49. The molecule has 16 heavy (non-hydrogen) atoms. The van der Waals surface area contributed by atoms with Crippen molar-refractivity contribution in [3.8, 4) is 0 Å². The van der Waals surface area contributed by atoms with Gasteiger partial charge in [-0.25, -0.2) is 4.99 Å². The lowest BCUT2D eigenvalue weighted by Crippen LogP contribution is -2.41. The molecule has 2 bridgehead atoms. The molecule has 1 saturated carbocycles. The zero-order valence-electron chi connectivity index (χ0n) is 10.5. The second kappa shape index (κ2) is 3.46. The van der Waals surface area contributed by atoms with E-state index in [0.717, 1.165) is 24.5 Å². The lowest BCUT2D eigenvalue weighted by molar-refractivity contribution is 0.227. The Balaban J connectivity index is 1.73. The molecular formula is C13H22N2O. The number of piperidine rings is 1. The van der Waals surface area contributed by atoms with E-state index in [9.17, 15) is 0 Å². The van der Waals surface area contributed by atoms with Gasteiger partial charge in [-0.15, -0.1) is 0 Å². The van der Waals surface area contributed by atoms with E-state index in [2.05, 4.69) is 26.1 Å². The van der Waals surface area contributed by atoms with Crippen LogP contribution in [0.15, 0.2) is 4.99 Å². The second-order valence-electron chi connectivity index (χ2n) is 6.57. The highest BCUT2D eigenvalue weighted by Crippen LogP contribution is 2.37. The maximum absolute atomic E-state index is 5.82. The predicted molar refractivity (Wildman–Crippen MR) is 64.7 cm³/mol. The Hall–Kier alpha value is -0.570. The fourth-order valence-corrected chi connectivity index (χ4v) is 3.14. The van der Waals surface area contributed by atoms with Gasteiger partial charge in [-0.3, -0.25) is 0 Å². The molecule has 1 aliphatic carbocycles. The van der Waals surface area contributed by atoms with E-state index in [0.29, 0.717) is 12.1 Å². The van der Waals surface area contributed by atoms with Crippen LogP contribution in [0.3, 0.4) is 0 Å². The number of ether oxygens (including phenoxy) is 1. The van der Waals surface area contributed by atoms with Gasteiger partial charge in [-0.05, 0) is 30.6 Å². The van der Waals surface area contributed by atoms with Crippen molar-refractivity contribution in [1.82, 2.24) is 5.32 Å². The van der Waals surface area contributed by atoms with Crippen molar-refractivity contribution < 1.29 is 4.74 Å². The fourth-order valence-electron chi connectivity index (χ4n) is 3.14. The zero-order valence-corrected chi connectivity index (χ0v) is 10.5. The predicted octanol–water partition coefficient (Wildman–Crippen LogP) is 1.97. The molecule has 3 aliphatic rings. The molecule has 0 aromatic carbocycles. The van der Waals surface area contributed by atoms with Crippen LogP contribution >= 0.6 is 0 Å². The molecule has 0 aromatic rings. The minimum absolute atomic E-state index is 0.222. The first kappa shape index (κ1) is 10.6. The van der Waals surface area contributed by atoms with Crippen molar-refractivity contribution >= 4 is 5.90 Å². The smallest absolute Gasteiger partial charge is 0.201 e. The minimum atomic E-state index is 0.222. The number of hydrogen-bond donors (Lipinski definition) is 1. The molecule has 3 nitrogen and oxygen atoms in total. The molecule has 90 valence electrons. The van der Waals surface area contributed by atoms with Crippen LogP contribution in [0.4, 0.5) is 0 Å². The summed E-state index contributed by atoms with van der Waals surface area (Å²) in [5.74, 6) is 1.77. The van der Waals surface area contributed by atoms with Gasteiger partial charge in [0.1, 0.15) is 6.61 Å². The Bertz CT molecular complexity index is 318. The van der Waals surface area contributed by atoms with Crippen LogP contribution in [0.5, 0.6) is 0 Å². The molecule has 0 aromatic heterocycles. The first-order chi connectivity index (χ1) is 7.54. The third kappa shape index (κ3) is 1.65. The number of aliphatic imine (C=N–C) groups is 1. The first-order valence-electron chi connectivity index (χ1n) is 6.50. The second-order valence-corrected chi connectivity index (χ2v) is 6.57. The van der Waals surface area contributed by atoms with Crippen LogP contribution in [0, 0.1) is 11.3 Å². The maximum atomic E-state index is 5.82. The molecule has 0 unspecified atom stereocenters. The van der Waals surface area contributed by atoms with Crippen molar-refractivity contribution in [3.63, 3.8) is 0 Å². The van der Waals surface area contributed by atoms with Crippen molar-refractivity contribution in [2.24, 2.45) is 16.3 Å². The van der Waals surface area contributed by atoms with Crippen LogP contribution < -0.4 is 5.32 Å². The van der Waals surface area contributed by atoms with Gasteiger partial charge in [0.05, 0.1) is 12.1 Å². The number of hydrogen-bond acceptors (Lipinski definition) is 3. The highest BCUT2D eigenvalue weighted by atomic mass is 16.5. The summed E-state index contributed by atoms with van der Waals surface area (Å²) < 4.78 is 5.82. The largest absolute Gasteiger partial charge is 0.478 e. The molecule has 2 heterocycles. The number of nitrogens with one attached hydrogen (secondary N) is 1. The zero-order chi connectivity index (χ0) is 11.3. The molecule has 4 atom stereocenters. The quantitative estimate of drug-likeness (QED) is 0.736. The summed E-state index contributed by atoms with van der Waals surface area (Å²) in [7, 11) is 0. The summed E-state index contributed by atoms with van der Waals surface area (Å²) in [5.41, 5.74) is 0.222. The molecule has 0 spiro atoms. The maximum Gasteiger partial charge on any atom is 0.201 e. The van der Waals surface area contributed by atoms with E-state index in [4.69, 9.17) is 9.73 Å². The molecular weight excluding hydrogens is 200 g/mol. The van der Waals surface area contributed by atoms with Crippen molar-refractivity contribution in [1.29, 1.82) is 0 Å². The highest BCUT2D eigenvalue weighted by molar-refractivity contribution is 5.84. The van der Waals surface area contributed by atoms with Gasteiger partial charge >= 0.3 is 0 Å². The van der Waals surface area contributed by atoms with Crippen LogP contribution in [0.2, 0.25) is 0 Å². The Labute approximate surface area is 97.7 Å². The Morgan fingerprint density at radius 3 is 2.62 bits per heavy atom. The summed E-state index contributed by atoms with van der Waals surface area (Å²) in [6, 6.07) is 1.49. The van der Waals surface area contributed by atoms with Crippen molar-refractivity contribution in [2.45, 2.75) is 58.2 Å². The topological polar surface area (TPSA) is 33.6 Å². The molecule has 1 N–H and O–H groups in total. The molecule has 3 heteroatoms. The monoisotopic (exact) mass is 222 g/mol. The van der Waals surface area contributed by atoms with Gasteiger partial charge in [-0.1, -0.05) is 20.8 Å². The average molecular weight is 222 g/mol.